The SMILES string of the molecule is CN=C(NCCN(C)Cc1ccc(F)cc1)NCc1ccccc1. The van der Waals surface area contributed by atoms with Crippen molar-refractivity contribution in [1.29, 1.82) is 0 Å². The Morgan fingerprint density at radius 3 is 2.38 bits per heavy atom. The molecule has 0 unspecified atom stereocenters. The van der Waals surface area contributed by atoms with Crippen molar-refractivity contribution in [2.24, 2.45) is 4.99 Å². The number of nitrogens with zero attached hydrogens (tertiary/aromatic N) is 2. The summed E-state index contributed by atoms with van der Waals surface area (Å²) in [5.74, 6) is 0.588. The fourth-order valence-electron chi connectivity index (χ4n) is 2.35. The minimum Gasteiger partial charge on any atom is -0.355 e. The molecule has 0 aliphatic heterocycles. The van der Waals surface area contributed by atoms with E-state index in [9.17, 15) is 4.39 Å². The summed E-state index contributed by atoms with van der Waals surface area (Å²) < 4.78 is 12.9. The molecule has 0 atom stereocenters. The van der Waals surface area contributed by atoms with Crippen LogP contribution < -0.4 is 10.6 Å². The van der Waals surface area contributed by atoms with E-state index in [0.29, 0.717) is 0 Å². The van der Waals surface area contributed by atoms with Gasteiger partial charge in [-0.15, -0.1) is 0 Å². The second-order valence-electron chi connectivity index (χ2n) is 5.70. The van der Waals surface area contributed by atoms with Gasteiger partial charge in [0.05, 0.1) is 0 Å². The maximum absolute atomic E-state index is 12.9. The second-order valence-corrected chi connectivity index (χ2v) is 5.70. The predicted molar refractivity (Wildman–Crippen MR) is 97.4 cm³/mol. The largest absolute Gasteiger partial charge is 0.355 e. The van der Waals surface area contributed by atoms with Gasteiger partial charge >= 0.3 is 0 Å². The maximum atomic E-state index is 12.9. The van der Waals surface area contributed by atoms with Gasteiger partial charge in [-0.25, -0.2) is 4.39 Å². The number of hydrogen-bond donors (Lipinski definition) is 2. The minimum absolute atomic E-state index is 0.198. The molecule has 0 amide bonds. The van der Waals surface area contributed by atoms with Crippen LogP contribution in [0.5, 0.6) is 0 Å². The van der Waals surface area contributed by atoms with Gasteiger partial charge in [-0.2, -0.15) is 0 Å². The molecule has 0 radical (unpaired) electrons. The highest BCUT2D eigenvalue weighted by Crippen LogP contribution is 2.05. The molecule has 24 heavy (non-hydrogen) atoms. The molecule has 2 N–H and O–H groups in total. The molecule has 2 aromatic carbocycles. The zero-order valence-corrected chi connectivity index (χ0v) is 14.3. The van der Waals surface area contributed by atoms with E-state index >= 15 is 0 Å². The maximum Gasteiger partial charge on any atom is 0.191 e. The Kier molecular flexibility index (Phi) is 7.23. The van der Waals surface area contributed by atoms with Crippen LogP contribution in [0, 0.1) is 5.82 Å². The van der Waals surface area contributed by atoms with Gasteiger partial charge in [0.15, 0.2) is 5.96 Å². The van der Waals surface area contributed by atoms with Gasteiger partial charge < -0.3 is 15.5 Å². The molecule has 128 valence electrons. The summed E-state index contributed by atoms with van der Waals surface area (Å²) in [6.07, 6.45) is 0. The van der Waals surface area contributed by atoms with E-state index < -0.39 is 0 Å². The number of likely N-dealkylation sites (N-methyl/N-ethyl adjacent to an activating group) is 1. The third-order valence-electron chi connectivity index (χ3n) is 3.68. The summed E-state index contributed by atoms with van der Waals surface area (Å²) in [5.41, 5.74) is 2.32. The first kappa shape index (κ1) is 17.9. The van der Waals surface area contributed by atoms with Gasteiger partial charge in [0.2, 0.25) is 0 Å². The summed E-state index contributed by atoms with van der Waals surface area (Å²) >= 11 is 0. The molecule has 0 saturated carbocycles. The number of rotatable bonds is 7. The predicted octanol–water partition coefficient (Wildman–Crippen LogP) is 2.62. The Balaban J connectivity index is 1.68. The normalized spacial score (nSPS) is 11.6. The van der Waals surface area contributed by atoms with Crippen molar-refractivity contribution >= 4 is 5.96 Å². The van der Waals surface area contributed by atoms with Crippen molar-refractivity contribution < 1.29 is 4.39 Å². The van der Waals surface area contributed by atoms with Crippen molar-refractivity contribution in [2.45, 2.75) is 13.1 Å². The lowest BCUT2D eigenvalue weighted by atomic mass is 10.2. The number of nitrogens with one attached hydrogen (secondary N) is 2. The van der Waals surface area contributed by atoms with Crippen LogP contribution in [0.4, 0.5) is 4.39 Å². The van der Waals surface area contributed by atoms with Crippen molar-refractivity contribution in [3.8, 4) is 0 Å². The number of halogens is 1. The molecule has 5 heteroatoms. The second kappa shape index (κ2) is 9.67. The average Bonchev–Trinajstić information content (AvgIpc) is 2.61. The van der Waals surface area contributed by atoms with E-state index in [2.05, 4.69) is 32.7 Å². The van der Waals surface area contributed by atoms with Gasteiger partial charge in [0.25, 0.3) is 0 Å². The molecule has 0 aliphatic rings. The van der Waals surface area contributed by atoms with Crippen LogP contribution >= 0.6 is 0 Å². The van der Waals surface area contributed by atoms with Gasteiger partial charge in [-0.1, -0.05) is 42.5 Å². The molecule has 2 rings (SSSR count). The fourth-order valence-corrected chi connectivity index (χ4v) is 2.35. The van der Waals surface area contributed by atoms with Crippen LogP contribution in [0.25, 0.3) is 0 Å². The van der Waals surface area contributed by atoms with Gasteiger partial charge in [-0.3, -0.25) is 4.99 Å². The Bertz CT molecular complexity index is 626. The lowest BCUT2D eigenvalue weighted by molar-refractivity contribution is 0.331. The fraction of sp³-hybridized carbons (Fsp3) is 0.316. The lowest BCUT2D eigenvalue weighted by Gasteiger charge is -2.18. The van der Waals surface area contributed by atoms with Crippen LogP contribution in [-0.4, -0.2) is 38.0 Å². The van der Waals surface area contributed by atoms with Crippen LogP contribution in [0.15, 0.2) is 59.6 Å². The highest BCUT2D eigenvalue weighted by molar-refractivity contribution is 5.79. The van der Waals surface area contributed by atoms with E-state index in [1.54, 1.807) is 7.05 Å². The van der Waals surface area contributed by atoms with Crippen molar-refractivity contribution in [3.05, 3.63) is 71.5 Å². The lowest BCUT2D eigenvalue weighted by Crippen LogP contribution is -2.40. The first-order chi connectivity index (χ1) is 11.7. The van der Waals surface area contributed by atoms with E-state index in [1.807, 2.05) is 37.4 Å². The van der Waals surface area contributed by atoms with E-state index in [0.717, 1.165) is 37.7 Å². The van der Waals surface area contributed by atoms with Gasteiger partial charge in [0.1, 0.15) is 5.82 Å². The van der Waals surface area contributed by atoms with Gasteiger partial charge in [-0.05, 0) is 30.3 Å². The zero-order chi connectivity index (χ0) is 17.2. The Morgan fingerprint density at radius 2 is 1.71 bits per heavy atom. The smallest absolute Gasteiger partial charge is 0.191 e. The molecule has 0 saturated heterocycles. The molecule has 0 fully saturated rings. The molecule has 2 aromatic rings. The number of guanidine groups is 1. The van der Waals surface area contributed by atoms with Crippen molar-refractivity contribution in [3.63, 3.8) is 0 Å². The average molecular weight is 328 g/mol. The molecule has 0 heterocycles. The highest BCUT2D eigenvalue weighted by Gasteiger charge is 2.02. The monoisotopic (exact) mass is 328 g/mol. The summed E-state index contributed by atoms with van der Waals surface area (Å²) in [7, 11) is 3.81. The van der Waals surface area contributed by atoms with E-state index in [-0.39, 0.29) is 5.82 Å². The van der Waals surface area contributed by atoms with Crippen molar-refractivity contribution in [1.82, 2.24) is 15.5 Å². The van der Waals surface area contributed by atoms with Crippen LogP contribution in [0.2, 0.25) is 0 Å². The summed E-state index contributed by atoms with van der Waals surface area (Å²) in [5, 5.41) is 6.60. The summed E-state index contributed by atoms with van der Waals surface area (Å²) in [6.45, 7) is 3.18. The third kappa shape index (κ3) is 6.38. The Hall–Kier alpha value is -2.40. The Labute approximate surface area is 143 Å². The van der Waals surface area contributed by atoms with E-state index in [1.165, 1.54) is 17.7 Å². The molecule has 0 spiro atoms. The summed E-state index contributed by atoms with van der Waals surface area (Å²) in [6, 6.07) is 16.9. The Morgan fingerprint density at radius 1 is 1.00 bits per heavy atom. The number of benzene rings is 2. The molecule has 0 bridgehead atoms. The van der Waals surface area contributed by atoms with Crippen LogP contribution in [0.1, 0.15) is 11.1 Å². The molecular weight excluding hydrogens is 303 g/mol. The third-order valence-corrected chi connectivity index (χ3v) is 3.68. The standard InChI is InChI=1S/C19H25FN4/c1-21-19(23-14-16-6-4-3-5-7-16)22-12-13-24(2)15-17-8-10-18(20)11-9-17/h3-11H,12-15H2,1-2H3,(H2,21,22,23). The number of aliphatic imine (C=N–C) groups is 1. The van der Waals surface area contributed by atoms with E-state index in [4.69, 9.17) is 0 Å². The molecule has 0 aromatic heterocycles. The minimum atomic E-state index is -0.198. The first-order valence-corrected chi connectivity index (χ1v) is 8.09. The summed E-state index contributed by atoms with van der Waals surface area (Å²) in [4.78, 5) is 6.41. The van der Waals surface area contributed by atoms with Gasteiger partial charge in [0, 0.05) is 33.2 Å². The molecule has 4 nitrogen and oxygen atoms in total. The highest BCUT2D eigenvalue weighted by atomic mass is 19.1. The number of hydrogen-bond acceptors (Lipinski definition) is 2. The van der Waals surface area contributed by atoms with Crippen LogP contribution in [-0.2, 0) is 13.1 Å². The van der Waals surface area contributed by atoms with Crippen molar-refractivity contribution in [2.75, 3.05) is 27.2 Å². The first-order valence-electron chi connectivity index (χ1n) is 8.09. The quantitative estimate of drug-likeness (QED) is 0.606. The topological polar surface area (TPSA) is 39.7 Å². The molecular formula is C19H25FN4. The van der Waals surface area contributed by atoms with Crippen LogP contribution in [0.3, 0.4) is 0 Å². The molecule has 0 aliphatic carbocycles. The zero-order valence-electron chi connectivity index (χ0n) is 14.3.